The Balaban J connectivity index is 2.51. The fourth-order valence-electron chi connectivity index (χ4n) is 1.53. The zero-order chi connectivity index (χ0) is 13.5. The Morgan fingerprint density at radius 2 is 2.28 bits per heavy atom. The maximum Gasteiger partial charge on any atom is 0.304 e. The van der Waals surface area contributed by atoms with Gasteiger partial charge in [0, 0.05) is 13.0 Å². The van der Waals surface area contributed by atoms with Crippen molar-refractivity contribution in [3.05, 3.63) is 11.7 Å². The highest BCUT2D eigenvalue weighted by Gasteiger charge is 2.18. The molecule has 0 aromatic carbocycles. The number of aryl methyl sites for hydroxylation is 1. The summed E-state index contributed by atoms with van der Waals surface area (Å²) < 4.78 is 5.20. The van der Waals surface area contributed by atoms with Crippen molar-refractivity contribution in [2.45, 2.75) is 45.6 Å². The van der Waals surface area contributed by atoms with E-state index in [2.05, 4.69) is 17.1 Å². The number of hydrogen-bond acceptors (Lipinski definition) is 5. The van der Waals surface area contributed by atoms with E-state index in [-0.39, 0.29) is 12.5 Å². The average molecular weight is 255 g/mol. The molecule has 0 saturated carbocycles. The number of carboxylic acids is 1. The van der Waals surface area contributed by atoms with Crippen molar-refractivity contribution >= 4 is 5.97 Å². The summed E-state index contributed by atoms with van der Waals surface area (Å²) in [6.45, 7) is 4.51. The van der Waals surface area contributed by atoms with Gasteiger partial charge in [0.1, 0.15) is 0 Å². The summed E-state index contributed by atoms with van der Waals surface area (Å²) in [5.41, 5.74) is 0. The maximum absolute atomic E-state index is 10.5. The van der Waals surface area contributed by atoms with Crippen LogP contribution >= 0.6 is 0 Å². The van der Waals surface area contributed by atoms with E-state index >= 15 is 0 Å². The molecule has 1 unspecified atom stereocenters. The number of rotatable bonds is 8. The second-order valence-corrected chi connectivity index (χ2v) is 4.45. The van der Waals surface area contributed by atoms with Gasteiger partial charge in [0.25, 0.3) is 0 Å². The lowest BCUT2D eigenvalue weighted by molar-refractivity contribution is -0.137. The molecule has 6 heteroatoms. The molecule has 0 radical (unpaired) electrons. The largest absolute Gasteiger partial charge is 0.481 e. The van der Waals surface area contributed by atoms with Crippen molar-refractivity contribution in [2.75, 3.05) is 13.6 Å². The summed E-state index contributed by atoms with van der Waals surface area (Å²) in [5, 5.41) is 12.6. The summed E-state index contributed by atoms with van der Waals surface area (Å²) in [5.74, 6) is 0.475. The molecule has 1 rings (SSSR count). The Hall–Kier alpha value is -1.43. The summed E-state index contributed by atoms with van der Waals surface area (Å²) >= 11 is 0. The molecular weight excluding hydrogens is 234 g/mol. The van der Waals surface area contributed by atoms with Gasteiger partial charge in [-0.2, -0.15) is 4.98 Å². The molecule has 0 saturated heterocycles. The van der Waals surface area contributed by atoms with E-state index < -0.39 is 5.97 Å². The predicted molar refractivity (Wildman–Crippen MR) is 66.2 cm³/mol. The van der Waals surface area contributed by atoms with Crippen LogP contribution in [0, 0.1) is 0 Å². The Kier molecular flexibility index (Phi) is 5.77. The number of nitrogens with zero attached hydrogens (tertiary/aromatic N) is 3. The van der Waals surface area contributed by atoms with Crippen molar-refractivity contribution in [1.82, 2.24) is 15.0 Å². The van der Waals surface area contributed by atoms with Crippen molar-refractivity contribution in [3.63, 3.8) is 0 Å². The van der Waals surface area contributed by atoms with Gasteiger partial charge < -0.3 is 9.63 Å². The summed E-state index contributed by atoms with van der Waals surface area (Å²) in [7, 11) is 1.85. The molecule has 1 N–H and O–H groups in total. The standard InChI is InChI=1S/C12H21N3O3/c1-4-5-6-10-13-12(18-14-10)9(2)15(3)8-7-11(16)17/h9H,4-8H2,1-3H3,(H,16,17). The number of unbranched alkanes of at least 4 members (excludes halogenated alkanes) is 1. The normalized spacial score (nSPS) is 12.9. The zero-order valence-corrected chi connectivity index (χ0v) is 11.2. The Labute approximate surface area is 107 Å². The molecular formula is C12H21N3O3. The minimum Gasteiger partial charge on any atom is -0.481 e. The maximum atomic E-state index is 10.5. The lowest BCUT2D eigenvalue weighted by atomic mass is 10.2. The number of hydrogen-bond donors (Lipinski definition) is 1. The monoisotopic (exact) mass is 255 g/mol. The lowest BCUT2D eigenvalue weighted by Crippen LogP contribution is -2.25. The molecule has 1 heterocycles. The molecule has 0 aliphatic heterocycles. The van der Waals surface area contributed by atoms with Crippen LogP contribution in [0.2, 0.25) is 0 Å². The van der Waals surface area contributed by atoms with Gasteiger partial charge in [-0.15, -0.1) is 0 Å². The van der Waals surface area contributed by atoms with E-state index in [9.17, 15) is 4.79 Å². The molecule has 0 amide bonds. The van der Waals surface area contributed by atoms with Gasteiger partial charge in [0.05, 0.1) is 12.5 Å². The van der Waals surface area contributed by atoms with Gasteiger partial charge in [0.2, 0.25) is 5.89 Å². The summed E-state index contributed by atoms with van der Waals surface area (Å²) in [6.07, 6.45) is 3.07. The lowest BCUT2D eigenvalue weighted by Gasteiger charge is -2.20. The number of aliphatic carboxylic acids is 1. The third-order valence-electron chi connectivity index (χ3n) is 2.93. The van der Waals surface area contributed by atoms with E-state index in [0.717, 1.165) is 25.1 Å². The van der Waals surface area contributed by atoms with Crippen LogP contribution in [0.1, 0.15) is 50.9 Å². The minimum atomic E-state index is -0.803. The highest BCUT2D eigenvalue weighted by molar-refractivity contribution is 5.66. The van der Waals surface area contributed by atoms with Gasteiger partial charge in [0.15, 0.2) is 5.82 Å². The van der Waals surface area contributed by atoms with Crippen molar-refractivity contribution in [2.24, 2.45) is 0 Å². The van der Waals surface area contributed by atoms with Gasteiger partial charge in [-0.05, 0) is 20.4 Å². The fraction of sp³-hybridized carbons (Fsp3) is 0.750. The van der Waals surface area contributed by atoms with E-state index in [1.54, 1.807) is 0 Å². The first-order chi connectivity index (χ1) is 8.54. The van der Waals surface area contributed by atoms with Crippen molar-refractivity contribution < 1.29 is 14.4 Å². The first-order valence-corrected chi connectivity index (χ1v) is 6.29. The highest BCUT2D eigenvalue weighted by Crippen LogP contribution is 2.17. The van der Waals surface area contributed by atoms with Crippen LogP contribution in [0.3, 0.4) is 0 Å². The molecule has 6 nitrogen and oxygen atoms in total. The molecule has 0 bridgehead atoms. The molecule has 102 valence electrons. The Morgan fingerprint density at radius 1 is 1.56 bits per heavy atom. The SMILES string of the molecule is CCCCc1noc(C(C)N(C)CCC(=O)O)n1. The van der Waals surface area contributed by atoms with E-state index in [4.69, 9.17) is 9.63 Å². The Morgan fingerprint density at radius 3 is 2.89 bits per heavy atom. The van der Waals surface area contributed by atoms with Crippen LogP contribution in [-0.4, -0.2) is 39.7 Å². The average Bonchev–Trinajstić information content (AvgIpc) is 2.81. The zero-order valence-electron chi connectivity index (χ0n) is 11.2. The Bertz CT molecular complexity index is 378. The third-order valence-corrected chi connectivity index (χ3v) is 2.93. The molecule has 0 fully saturated rings. The van der Waals surface area contributed by atoms with Crippen LogP contribution in [0.25, 0.3) is 0 Å². The quantitative estimate of drug-likeness (QED) is 0.764. The van der Waals surface area contributed by atoms with Gasteiger partial charge in [-0.1, -0.05) is 18.5 Å². The topological polar surface area (TPSA) is 79.5 Å². The van der Waals surface area contributed by atoms with Crippen LogP contribution < -0.4 is 0 Å². The second kappa shape index (κ2) is 7.10. The smallest absolute Gasteiger partial charge is 0.304 e. The second-order valence-electron chi connectivity index (χ2n) is 4.45. The molecule has 1 aromatic heterocycles. The number of carboxylic acid groups (broad SMARTS) is 1. The first-order valence-electron chi connectivity index (χ1n) is 6.29. The van der Waals surface area contributed by atoms with E-state index in [0.29, 0.717) is 12.4 Å². The molecule has 18 heavy (non-hydrogen) atoms. The van der Waals surface area contributed by atoms with Crippen molar-refractivity contribution in [3.8, 4) is 0 Å². The van der Waals surface area contributed by atoms with E-state index in [1.165, 1.54) is 0 Å². The van der Waals surface area contributed by atoms with Crippen LogP contribution in [0.15, 0.2) is 4.52 Å². The molecule has 1 aromatic rings. The van der Waals surface area contributed by atoms with Crippen LogP contribution in [-0.2, 0) is 11.2 Å². The van der Waals surface area contributed by atoms with Crippen LogP contribution in [0.4, 0.5) is 0 Å². The first kappa shape index (κ1) is 14.6. The van der Waals surface area contributed by atoms with Gasteiger partial charge >= 0.3 is 5.97 Å². The summed E-state index contributed by atoms with van der Waals surface area (Å²) in [4.78, 5) is 16.7. The van der Waals surface area contributed by atoms with Crippen molar-refractivity contribution in [1.29, 1.82) is 0 Å². The fourth-order valence-corrected chi connectivity index (χ4v) is 1.53. The highest BCUT2D eigenvalue weighted by atomic mass is 16.5. The number of carbonyl (C=O) groups is 1. The third kappa shape index (κ3) is 4.44. The molecule has 0 aliphatic carbocycles. The minimum absolute atomic E-state index is 0.0628. The molecule has 1 atom stereocenters. The summed E-state index contributed by atoms with van der Waals surface area (Å²) in [6, 6.07) is -0.0628. The number of aromatic nitrogens is 2. The molecule has 0 spiro atoms. The van der Waals surface area contributed by atoms with Crippen LogP contribution in [0.5, 0.6) is 0 Å². The van der Waals surface area contributed by atoms with Gasteiger partial charge in [-0.3, -0.25) is 9.69 Å². The molecule has 0 aliphatic rings. The van der Waals surface area contributed by atoms with Gasteiger partial charge in [-0.25, -0.2) is 0 Å². The van der Waals surface area contributed by atoms with E-state index in [1.807, 2.05) is 18.9 Å². The predicted octanol–water partition coefficient (Wildman–Crippen LogP) is 1.88.